The Balaban J connectivity index is 1.95. The van der Waals surface area contributed by atoms with Crippen LogP contribution >= 0.6 is 11.6 Å². The van der Waals surface area contributed by atoms with Crippen molar-refractivity contribution in [1.82, 2.24) is 4.57 Å². The average molecular weight is 491 g/mol. The molecular formula is C23H23ClN2O6S. The van der Waals surface area contributed by atoms with Crippen LogP contribution in [0.1, 0.15) is 11.3 Å². The summed E-state index contributed by atoms with van der Waals surface area (Å²) in [6.07, 6.45) is 0. The van der Waals surface area contributed by atoms with Crippen LogP contribution in [0.2, 0.25) is 5.02 Å². The molecule has 3 aromatic rings. The van der Waals surface area contributed by atoms with E-state index in [0.29, 0.717) is 33.5 Å². The molecule has 0 bridgehead atoms. The van der Waals surface area contributed by atoms with Crippen LogP contribution in [-0.4, -0.2) is 33.1 Å². The topological polar surface area (TPSA) is 104 Å². The predicted molar refractivity (Wildman–Crippen MR) is 125 cm³/mol. The van der Waals surface area contributed by atoms with Crippen molar-refractivity contribution >= 4 is 33.0 Å². The molecule has 10 heteroatoms. The minimum Gasteiger partial charge on any atom is -0.497 e. The maximum absolute atomic E-state index is 13.2. The normalized spacial score (nSPS) is 11.2. The van der Waals surface area contributed by atoms with Gasteiger partial charge in [0, 0.05) is 11.4 Å². The number of methoxy groups -OCH3 is 2. The minimum atomic E-state index is -4.12. The quantitative estimate of drug-likeness (QED) is 0.542. The Hall–Kier alpha value is -3.30. The molecule has 2 aromatic carbocycles. The molecule has 1 amide bonds. The Morgan fingerprint density at radius 1 is 1.03 bits per heavy atom. The number of aromatic nitrogens is 1. The van der Waals surface area contributed by atoms with Gasteiger partial charge in [0.1, 0.15) is 22.9 Å². The number of nitrogens with one attached hydrogen (secondary N) is 1. The maximum atomic E-state index is 13.2. The lowest BCUT2D eigenvalue weighted by atomic mass is 10.2. The Labute approximate surface area is 196 Å². The molecule has 8 nitrogen and oxygen atoms in total. The van der Waals surface area contributed by atoms with Crippen molar-refractivity contribution in [3.8, 4) is 11.5 Å². The molecular weight excluding hydrogens is 468 g/mol. The van der Waals surface area contributed by atoms with E-state index >= 15 is 0 Å². The number of carbonyl (C=O) groups excluding carboxylic acids is 1. The van der Waals surface area contributed by atoms with Gasteiger partial charge in [0.15, 0.2) is 0 Å². The summed E-state index contributed by atoms with van der Waals surface area (Å²) in [6.45, 7) is 2.81. The predicted octanol–water partition coefficient (Wildman–Crippen LogP) is 3.61. The van der Waals surface area contributed by atoms with Crippen LogP contribution in [0.5, 0.6) is 11.5 Å². The second kappa shape index (κ2) is 9.68. The van der Waals surface area contributed by atoms with Gasteiger partial charge in [0.25, 0.3) is 5.56 Å². The van der Waals surface area contributed by atoms with Gasteiger partial charge >= 0.3 is 0 Å². The number of aryl methyl sites for hydroxylation is 2. The zero-order valence-electron chi connectivity index (χ0n) is 18.5. The van der Waals surface area contributed by atoms with Crippen molar-refractivity contribution in [2.75, 3.05) is 19.5 Å². The van der Waals surface area contributed by atoms with Gasteiger partial charge in [0.05, 0.1) is 24.1 Å². The number of hydrogen-bond acceptors (Lipinski definition) is 6. The zero-order valence-corrected chi connectivity index (χ0v) is 20.1. The highest BCUT2D eigenvalue weighted by molar-refractivity contribution is 7.91. The largest absolute Gasteiger partial charge is 0.497 e. The summed E-state index contributed by atoms with van der Waals surface area (Å²) >= 11 is 6.08. The van der Waals surface area contributed by atoms with Crippen LogP contribution in [-0.2, 0) is 21.2 Å². The zero-order chi connectivity index (χ0) is 24.3. The van der Waals surface area contributed by atoms with E-state index in [0.717, 1.165) is 4.57 Å². The first kappa shape index (κ1) is 24.3. The molecule has 0 aliphatic carbocycles. The van der Waals surface area contributed by atoms with Crippen LogP contribution in [0.25, 0.3) is 0 Å². The van der Waals surface area contributed by atoms with E-state index in [1.807, 2.05) is 0 Å². The Morgan fingerprint density at radius 3 is 2.27 bits per heavy atom. The molecule has 174 valence electrons. The summed E-state index contributed by atoms with van der Waals surface area (Å²) in [5.74, 6) is 0.425. The third kappa shape index (κ3) is 5.04. The molecule has 0 saturated carbocycles. The van der Waals surface area contributed by atoms with E-state index in [1.165, 1.54) is 44.6 Å². The monoisotopic (exact) mass is 490 g/mol. The van der Waals surface area contributed by atoms with Crippen LogP contribution in [0.3, 0.4) is 0 Å². The SMILES string of the molecule is COc1ccc(S(=O)(=O)c2c(C)cc(C)n(CC(=O)Nc3ccc(OC)c(Cl)c3)c2=O)cc1. The number of anilines is 1. The first-order chi connectivity index (χ1) is 15.6. The van der Waals surface area contributed by atoms with Crippen molar-refractivity contribution in [1.29, 1.82) is 0 Å². The summed E-state index contributed by atoms with van der Waals surface area (Å²) in [4.78, 5) is 25.4. The number of halogens is 1. The van der Waals surface area contributed by atoms with Gasteiger partial charge in [-0.2, -0.15) is 0 Å². The summed E-state index contributed by atoms with van der Waals surface area (Å²) in [7, 11) is -1.18. The lowest BCUT2D eigenvalue weighted by molar-refractivity contribution is -0.116. The average Bonchev–Trinajstić information content (AvgIpc) is 2.76. The Morgan fingerprint density at radius 2 is 1.70 bits per heavy atom. The molecule has 0 radical (unpaired) electrons. The molecule has 0 spiro atoms. The Bertz CT molecular complexity index is 1360. The summed E-state index contributed by atoms with van der Waals surface area (Å²) in [5, 5.41) is 2.96. The summed E-state index contributed by atoms with van der Waals surface area (Å²) in [5.41, 5.74) is 0.391. The molecule has 0 aliphatic rings. The van der Waals surface area contributed by atoms with Gasteiger partial charge in [-0.3, -0.25) is 9.59 Å². The molecule has 1 aromatic heterocycles. The number of hydrogen-bond donors (Lipinski definition) is 1. The van der Waals surface area contributed by atoms with Gasteiger partial charge in [0.2, 0.25) is 15.7 Å². The van der Waals surface area contributed by atoms with E-state index in [-0.39, 0.29) is 16.3 Å². The number of rotatable bonds is 7. The molecule has 0 saturated heterocycles. The molecule has 0 aliphatic heterocycles. The van der Waals surface area contributed by atoms with Crippen LogP contribution in [0, 0.1) is 13.8 Å². The second-order valence-corrected chi connectivity index (χ2v) is 9.56. The highest BCUT2D eigenvalue weighted by Gasteiger charge is 2.26. The molecule has 1 N–H and O–H groups in total. The number of benzene rings is 2. The van der Waals surface area contributed by atoms with Crippen molar-refractivity contribution in [3.63, 3.8) is 0 Å². The highest BCUT2D eigenvalue weighted by Crippen LogP contribution is 2.27. The molecule has 0 atom stereocenters. The molecule has 3 rings (SSSR count). The number of nitrogens with zero attached hydrogens (tertiary/aromatic N) is 1. The van der Waals surface area contributed by atoms with E-state index in [4.69, 9.17) is 21.1 Å². The van der Waals surface area contributed by atoms with E-state index in [2.05, 4.69) is 5.32 Å². The van der Waals surface area contributed by atoms with E-state index in [9.17, 15) is 18.0 Å². The van der Waals surface area contributed by atoms with Gasteiger partial charge < -0.3 is 19.4 Å². The smallest absolute Gasteiger partial charge is 0.270 e. The summed E-state index contributed by atoms with van der Waals surface area (Å²) < 4.78 is 37.7. The minimum absolute atomic E-state index is 0.0452. The van der Waals surface area contributed by atoms with Gasteiger partial charge in [-0.15, -0.1) is 0 Å². The van der Waals surface area contributed by atoms with Gasteiger partial charge in [-0.1, -0.05) is 11.6 Å². The van der Waals surface area contributed by atoms with Crippen molar-refractivity contribution in [3.05, 3.63) is 75.2 Å². The van der Waals surface area contributed by atoms with E-state index in [1.54, 1.807) is 32.0 Å². The van der Waals surface area contributed by atoms with Gasteiger partial charge in [-0.25, -0.2) is 8.42 Å². The molecule has 1 heterocycles. The van der Waals surface area contributed by atoms with E-state index < -0.39 is 21.3 Å². The highest BCUT2D eigenvalue weighted by atomic mass is 35.5. The van der Waals surface area contributed by atoms with Crippen LogP contribution < -0.4 is 20.3 Å². The number of ether oxygens (including phenoxy) is 2. The first-order valence-corrected chi connectivity index (χ1v) is 11.7. The van der Waals surface area contributed by atoms with Gasteiger partial charge in [-0.05, 0) is 67.9 Å². The van der Waals surface area contributed by atoms with Crippen LogP contribution in [0.15, 0.2) is 63.1 Å². The third-order valence-corrected chi connectivity index (χ3v) is 7.25. The maximum Gasteiger partial charge on any atom is 0.270 e. The number of sulfone groups is 1. The molecule has 33 heavy (non-hydrogen) atoms. The fourth-order valence-electron chi connectivity index (χ4n) is 3.39. The lowest BCUT2D eigenvalue weighted by Crippen LogP contribution is -2.33. The molecule has 0 unspecified atom stereocenters. The molecule has 0 fully saturated rings. The number of carbonyl (C=O) groups is 1. The van der Waals surface area contributed by atoms with Crippen molar-refractivity contribution < 1.29 is 22.7 Å². The van der Waals surface area contributed by atoms with Crippen molar-refractivity contribution in [2.45, 2.75) is 30.2 Å². The Kier molecular flexibility index (Phi) is 7.14. The fourth-order valence-corrected chi connectivity index (χ4v) is 5.20. The summed E-state index contributed by atoms with van der Waals surface area (Å²) in [6, 6.07) is 12.0. The number of amides is 1. The standard InChI is InChI=1S/C23H23ClN2O6S/c1-14-11-15(2)26(13-21(27)25-16-5-10-20(32-4)19(24)12-16)23(28)22(14)33(29,30)18-8-6-17(31-3)7-9-18/h5-12H,13H2,1-4H3,(H,25,27). The second-order valence-electron chi connectivity index (χ2n) is 7.27. The first-order valence-electron chi connectivity index (χ1n) is 9.82. The third-order valence-electron chi connectivity index (χ3n) is 5.02. The number of pyridine rings is 1. The lowest BCUT2D eigenvalue weighted by Gasteiger charge is -2.15. The fraction of sp³-hybridized carbons (Fsp3) is 0.217. The van der Waals surface area contributed by atoms with Crippen LogP contribution in [0.4, 0.5) is 5.69 Å². The van der Waals surface area contributed by atoms with Crippen molar-refractivity contribution in [2.24, 2.45) is 0 Å².